The first-order valence-corrected chi connectivity index (χ1v) is 4.57. The van der Waals surface area contributed by atoms with Gasteiger partial charge in [0.1, 0.15) is 5.75 Å². The molecule has 0 saturated heterocycles. The number of hydrogen-bond acceptors (Lipinski definition) is 2. The SMILES string of the molecule is COc1cccc(/C=C/C(=O)N=C(N)N)c1. The van der Waals surface area contributed by atoms with Crippen LogP contribution in [0.3, 0.4) is 0 Å². The first kappa shape index (κ1) is 11.8. The molecule has 84 valence electrons. The molecule has 0 aromatic heterocycles. The lowest BCUT2D eigenvalue weighted by atomic mass is 10.2. The molecule has 0 aliphatic rings. The van der Waals surface area contributed by atoms with Gasteiger partial charge in [-0.1, -0.05) is 12.1 Å². The third-order valence-corrected chi connectivity index (χ3v) is 1.75. The molecule has 1 aromatic rings. The number of aliphatic imine (C=N–C) groups is 1. The Bertz CT molecular complexity index is 435. The summed E-state index contributed by atoms with van der Waals surface area (Å²) in [4.78, 5) is 14.5. The Kier molecular flexibility index (Phi) is 4.08. The summed E-state index contributed by atoms with van der Waals surface area (Å²) in [5, 5.41) is 0. The molecule has 0 fully saturated rings. The van der Waals surface area contributed by atoms with Gasteiger partial charge in [-0.2, -0.15) is 4.99 Å². The van der Waals surface area contributed by atoms with Crippen LogP contribution < -0.4 is 16.2 Å². The number of amides is 1. The molecular formula is C11H13N3O2. The molecule has 4 N–H and O–H groups in total. The van der Waals surface area contributed by atoms with Crippen molar-refractivity contribution in [2.45, 2.75) is 0 Å². The van der Waals surface area contributed by atoms with E-state index in [1.807, 2.05) is 18.2 Å². The predicted molar refractivity (Wildman–Crippen MR) is 62.8 cm³/mol. The molecule has 0 heterocycles. The van der Waals surface area contributed by atoms with Gasteiger partial charge in [-0.3, -0.25) is 4.79 Å². The van der Waals surface area contributed by atoms with Crippen LogP contribution in [0.2, 0.25) is 0 Å². The summed E-state index contributed by atoms with van der Waals surface area (Å²) in [5.41, 5.74) is 11.0. The van der Waals surface area contributed by atoms with Crippen molar-refractivity contribution in [3.63, 3.8) is 0 Å². The van der Waals surface area contributed by atoms with E-state index < -0.39 is 5.91 Å². The fourth-order valence-electron chi connectivity index (χ4n) is 1.08. The lowest BCUT2D eigenvalue weighted by Gasteiger charge is -1.99. The van der Waals surface area contributed by atoms with Gasteiger partial charge in [-0.15, -0.1) is 0 Å². The first-order chi connectivity index (χ1) is 7.61. The second-order valence-electron chi connectivity index (χ2n) is 2.98. The third kappa shape index (κ3) is 3.83. The molecular weight excluding hydrogens is 206 g/mol. The monoisotopic (exact) mass is 219 g/mol. The number of methoxy groups -OCH3 is 1. The number of rotatable bonds is 3. The van der Waals surface area contributed by atoms with Gasteiger partial charge < -0.3 is 16.2 Å². The molecule has 0 unspecified atom stereocenters. The summed E-state index contributed by atoms with van der Waals surface area (Å²) >= 11 is 0. The van der Waals surface area contributed by atoms with Crippen LogP contribution in [-0.2, 0) is 4.79 Å². The van der Waals surface area contributed by atoms with Crippen molar-refractivity contribution >= 4 is 17.9 Å². The number of carbonyl (C=O) groups excluding carboxylic acids is 1. The van der Waals surface area contributed by atoms with E-state index in [2.05, 4.69) is 4.99 Å². The molecule has 0 aliphatic heterocycles. The highest BCUT2D eigenvalue weighted by atomic mass is 16.5. The van der Waals surface area contributed by atoms with Crippen LogP contribution >= 0.6 is 0 Å². The average Bonchev–Trinajstić information content (AvgIpc) is 2.26. The topological polar surface area (TPSA) is 90.7 Å². The number of guanidine groups is 1. The zero-order valence-corrected chi connectivity index (χ0v) is 8.88. The Balaban J connectivity index is 2.76. The van der Waals surface area contributed by atoms with Crippen LogP contribution in [0.15, 0.2) is 35.3 Å². The Morgan fingerprint density at radius 2 is 2.19 bits per heavy atom. The summed E-state index contributed by atoms with van der Waals surface area (Å²) in [7, 11) is 1.58. The Hall–Kier alpha value is -2.30. The normalized spacial score (nSPS) is 10.1. The van der Waals surface area contributed by atoms with Gasteiger partial charge in [0.25, 0.3) is 5.91 Å². The minimum atomic E-state index is -0.497. The van der Waals surface area contributed by atoms with E-state index in [0.717, 1.165) is 11.3 Å². The van der Waals surface area contributed by atoms with E-state index in [0.29, 0.717) is 0 Å². The summed E-state index contributed by atoms with van der Waals surface area (Å²) in [6.45, 7) is 0. The van der Waals surface area contributed by atoms with E-state index in [1.165, 1.54) is 6.08 Å². The first-order valence-electron chi connectivity index (χ1n) is 4.57. The van der Waals surface area contributed by atoms with Gasteiger partial charge in [0.05, 0.1) is 7.11 Å². The molecule has 0 spiro atoms. The highest BCUT2D eigenvalue weighted by Crippen LogP contribution is 2.13. The Labute approximate surface area is 93.4 Å². The van der Waals surface area contributed by atoms with Gasteiger partial charge in [0.15, 0.2) is 5.96 Å². The van der Waals surface area contributed by atoms with Crippen molar-refractivity contribution < 1.29 is 9.53 Å². The predicted octanol–water partition coefficient (Wildman–Crippen LogP) is 0.508. The van der Waals surface area contributed by atoms with Crippen molar-refractivity contribution in [2.75, 3.05) is 7.11 Å². The number of carbonyl (C=O) groups is 1. The van der Waals surface area contributed by atoms with Gasteiger partial charge in [-0.25, -0.2) is 0 Å². The lowest BCUT2D eigenvalue weighted by Crippen LogP contribution is -2.23. The summed E-state index contributed by atoms with van der Waals surface area (Å²) < 4.78 is 5.04. The van der Waals surface area contributed by atoms with E-state index >= 15 is 0 Å². The van der Waals surface area contributed by atoms with Gasteiger partial charge in [0.2, 0.25) is 0 Å². The van der Waals surface area contributed by atoms with Crippen molar-refractivity contribution in [1.29, 1.82) is 0 Å². The van der Waals surface area contributed by atoms with Crippen molar-refractivity contribution in [1.82, 2.24) is 0 Å². The van der Waals surface area contributed by atoms with E-state index in [9.17, 15) is 4.79 Å². The number of ether oxygens (including phenoxy) is 1. The van der Waals surface area contributed by atoms with Crippen molar-refractivity contribution in [3.05, 3.63) is 35.9 Å². The number of benzene rings is 1. The molecule has 0 aliphatic carbocycles. The molecule has 0 saturated carbocycles. The lowest BCUT2D eigenvalue weighted by molar-refractivity contribution is -0.113. The van der Waals surface area contributed by atoms with Crippen LogP contribution in [0, 0.1) is 0 Å². The summed E-state index contributed by atoms with van der Waals surface area (Å²) in [6.07, 6.45) is 2.89. The van der Waals surface area contributed by atoms with Crippen LogP contribution in [0.5, 0.6) is 5.75 Å². The zero-order valence-electron chi connectivity index (χ0n) is 8.88. The van der Waals surface area contributed by atoms with Crippen molar-refractivity contribution in [3.8, 4) is 5.75 Å². The van der Waals surface area contributed by atoms with Gasteiger partial charge >= 0.3 is 0 Å². The average molecular weight is 219 g/mol. The maximum Gasteiger partial charge on any atom is 0.272 e. The zero-order chi connectivity index (χ0) is 12.0. The summed E-state index contributed by atoms with van der Waals surface area (Å²) in [6, 6.07) is 7.26. The molecule has 5 heteroatoms. The number of nitrogens with zero attached hydrogens (tertiary/aromatic N) is 1. The minimum absolute atomic E-state index is 0.250. The van der Waals surface area contributed by atoms with E-state index in [4.69, 9.17) is 16.2 Å². The molecule has 0 radical (unpaired) electrons. The largest absolute Gasteiger partial charge is 0.497 e. The highest BCUT2D eigenvalue weighted by Gasteiger charge is 1.94. The number of hydrogen-bond donors (Lipinski definition) is 2. The molecule has 0 atom stereocenters. The molecule has 5 nitrogen and oxygen atoms in total. The maximum absolute atomic E-state index is 11.1. The number of nitrogens with two attached hydrogens (primary N) is 2. The van der Waals surface area contributed by atoms with Crippen LogP contribution in [0.4, 0.5) is 0 Å². The maximum atomic E-state index is 11.1. The van der Waals surface area contributed by atoms with Crippen LogP contribution in [0.1, 0.15) is 5.56 Å². The minimum Gasteiger partial charge on any atom is -0.497 e. The van der Waals surface area contributed by atoms with Crippen LogP contribution in [0.25, 0.3) is 6.08 Å². The molecule has 1 aromatic carbocycles. The van der Waals surface area contributed by atoms with Gasteiger partial charge in [0, 0.05) is 6.08 Å². The molecule has 1 amide bonds. The fourth-order valence-corrected chi connectivity index (χ4v) is 1.08. The summed E-state index contributed by atoms with van der Waals surface area (Å²) in [5.74, 6) is -0.0282. The molecule has 16 heavy (non-hydrogen) atoms. The highest BCUT2D eigenvalue weighted by molar-refractivity contribution is 5.99. The van der Waals surface area contributed by atoms with Gasteiger partial charge in [-0.05, 0) is 23.8 Å². The third-order valence-electron chi connectivity index (χ3n) is 1.75. The molecule has 0 bridgehead atoms. The van der Waals surface area contributed by atoms with E-state index in [1.54, 1.807) is 19.3 Å². The van der Waals surface area contributed by atoms with Crippen molar-refractivity contribution in [2.24, 2.45) is 16.5 Å². The Morgan fingerprint density at radius 1 is 1.44 bits per heavy atom. The molecule has 1 rings (SSSR count). The van der Waals surface area contributed by atoms with E-state index in [-0.39, 0.29) is 5.96 Å². The van der Waals surface area contributed by atoms with Crippen LogP contribution in [-0.4, -0.2) is 19.0 Å². The fraction of sp³-hybridized carbons (Fsp3) is 0.0909. The second-order valence-corrected chi connectivity index (χ2v) is 2.98. The Morgan fingerprint density at radius 3 is 2.81 bits per heavy atom. The quantitative estimate of drug-likeness (QED) is 0.440. The standard InChI is InChI=1S/C11H13N3O2/c1-16-9-4-2-3-8(7-9)5-6-10(15)14-11(12)13/h2-7H,1H3,(H4,12,13,14,15)/b6-5+. The smallest absolute Gasteiger partial charge is 0.272 e. The second kappa shape index (κ2) is 5.55.